The van der Waals surface area contributed by atoms with Gasteiger partial charge in [-0.15, -0.1) is 0 Å². The maximum Gasteiger partial charge on any atom is 0.186 e. The van der Waals surface area contributed by atoms with Crippen LogP contribution in [0.4, 0.5) is 0 Å². The molecule has 0 bridgehead atoms. The molecule has 1 aromatic carbocycles. The van der Waals surface area contributed by atoms with Gasteiger partial charge in [-0.2, -0.15) is 0 Å². The van der Waals surface area contributed by atoms with Gasteiger partial charge in [0, 0.05) is 0 Å². The van der Waals surface area contributed by atoms with E-state index in [4.69, 9.17) is 14.2 Å². The van der Waals surface area contributed by atoms with Crippen molar-refractivity contribution < 1.29 is 14.2 Å². The molecule has 0 aliphatic carbocycles. The van der Waals surface area contributed by atoms with Gasteiger partial charge in [0.2, 0.25) is 0 Å². The Hall–Kier alpha value is -0.900. The monoisotopic (exact) mass is 206 g/mol. The molecule has 2 saturated heterocycles. The van der Waals surface area contributed by atoms with Crippen molar-refractivity contribution in [2.75, 3.05) is 6.61 Å². The zero-order valence-corrected chi connectivity index (χ0v) is 8.46. The summed E-state index contributed by atoms with van der Waals surface area (Å²) in [5, 5.41) is 0. The van der Waals surface area contributed by atoms with E-state index in [1.165, 1.54) is 5.56 Å². The van der Waals surface area contributed by atoms with Crippen molar-refractivity contribution >= 4 is 0 Å². The smallest absolute Gasteiger partial charge is 0.186 e. The van der Waals surface area contributed by atoms with Gasteiger partial charge in [0.05, 0.1) is 19.3 Å². The summed E-state index contributed by atoms with van der Waals surface area (Å²) < 4.78 is 16.6. The molecule has 15 heavy (non-hydrogen) atoms. The Bertz CT molecular complexity index is 325. The lowest BCUT2D eigenvalue weighted by Gasteiger charge is -2.19. The predicted molar refractivity (Wildman–Crippen MR) is 54.2 cm³/mol. The highest BCUT2D eigenvalue weighted by Gasteiger charge is 2.49. The number of hydrogen-bond donors (Lipinski definition) is 0. The summed E-state index contributed by atoms with van der Waals surface area (Å²) in [6.07, 6.45) is 1.42. The van der Waals surface area contributed by atoms with Crippen LogP contribution < -0.4 is 0 Å². The second-order valence-electron chi connectivity index (χ2n) is 3.96. The highest BCUT2D eigenvalue weighted by molar-refractivity contribution is 5.13. The number of ether oxygens (including phenoxy) is 3. The minimum Gasteiger partial charge on any atom is -0.364 e. The second kappa shape index (κ2) is 3.93. The minimum absolute atomic E-state index is 0.163. The van der Waals surface area contributed by atoms with Gasteiger partial charge < -0.3 is 14.2 Å². The number of hydrogen-bond acceptors (Lipinski definition) is 3. The van der Waals surface area contributed by atoms with Crippen molar-refractivity contribution in [2.24, 2.45) is 0 Å². The largest absolute Gasteiger partial charge is 0.364 e. The van der Waals surface area contributed by atoms with Crippen molar-refractivity contribution in [1.82, 2.24) is 0 Å². The van der Waals surface area contributed by atoms with Crippen molar-refractivity contribution in [3.63, 3.8) is 0 Å². The van der Waals surface area contributed by atoms with Gasteiger partial charge in [-0.25, -0.2) is 0 Å². The van der Waals surface area contributed by atoms with Gasteiger partial charge in [-0.3, -0.25) is 0 Å². The van der Waals surface area contributed by atoms with Gasteiger partial charge in [-0.1, -0.05) is 30.3 Å². The zero-order chi connectivity index (χ0) is 10.1. The number of rotatable bonds is 3. The summed E-state index contributed by atoms with van der Waals surface area (Å²) in [4.78, 5) is 0. The molecule has 0 spiro atoms. The van der Waals surface area contributed by atoms with E-state index >= 15 is 0 Å². The molecular formula is C12H14O3. The Kier molecular flexibility index (Phi) is 2.44. The maximum absolute atomic E-state index is 5.68. The Labute approximate surface area is 89.0 Å². The summed E-state index contributed by atoms with van der Waals surface area (Å²) in [5.74, 6) is 0. The van der Waals surface area contributed by atoms with Crippen LogP contribution in [0.15, 0.2) is 30.3 Å². The molecule has 2 heterocycles. The van der Waals surface area contributed by atoms with Gasteiger partial charge >= 0.3 is 0 Å². The summed E-state index contributed by atoms with van der Waals surface area (Å²) in [7, 11) is 0. The first kappa shape index (κ1) is 9.33. The second-order valence-corrected chi connectivity index (χ2v) is 3.96. The molecule has 0 saturated carbocycles. The highest BCUT2D eigenvalue weighted by Crippen LogP contribution is 2.34. The number of benzene rings is 1. The van der Waals surface area contributed by atoms with Crippen molar-refractivity contribution in [3.05, 3.63) is 35.9 Å². The highest BCUT2D eigenvalue weighted by atomic mass is 16.7. The predicted octanol–water partition coefficient (Wildman–Crippen LogP) is 1.72. The number of epoxide rings is 1. The Morgan fingerprint density at radius 1 is 1.27 bits per heavy atom. The lowest BCUT2D eigenvalue weighted by Crippen LogP contribution is -2.29. The molecule has 0 amide bonds. The fourth-order valence-electron chi connectivity index (χ4n) is 1.92. The third kappa shape index (κ3) is 2.04. The first-order chi connectivity index (χ1) is 7.43. The molecule has 3 nitrogen and oxygen atoms in total. The van der Waals surface area contributed by atoms with Crippen LogP contribution >= 0.6 is 0 Å². The van der Waals surface area contributed by atoms with E-state index in [9.17, 15) is 0 Å². The molecule has 0 aromatic heterocycles. The van der Waals surface area contributed by atoms with Gasteiger partial charge in [0.25, 0.3) is 0 Å². The quantitative estimate of drug-likeness (QED) is 0.705. The first-order valence-electron chi connectivity index (χ1n) is 5.36. The van der Waals surface area contributed by atoms with Gasteiger partial charge in [0.1, 0.15) is 6.10 Å². The lowest BCUT2D eigenvalue weighted by molar-refractivity contribution is -0.165. The van der Waals surface area contributed by atoms with Crippen LogP contribution in [0.2, 0.25) is 0 Å². The lowest BCUT2D eigenvalue weighted by atomic mass is 10.2. The van der Waals surface area contributed by atoms with E-state index in [-0.39, 0.29) is 12.4 Å². The van der Waals surface area contributed by atoms with Gasteiger partial charge in [-0.05, 0) is 12.0 Å². The molecule has 2 aliphatic heterocycles. The van der Waals surface area contributed by atoms with Crippen LogP contribution in [0, 0.1) is 0 Å². The fraction of sp³-hybridized carbons (Fsp3) is 0.500. The third-order valence-electron chi connectivity index (χ3n) is 2.83. The van der Waals surface area contributed by atoms with E-state index < -0.39 is 0 Å². The average molecular weight is 206 g/mol. The molecule has 3 atom stereocenters. The van der Waals surface area contributed by atoms with E-state index in [1.54, 1.807) is 0 Å². The van der Waals surface area contributed by atoms with Crippen molar-refractivity contribution in [1.29, 1.82) is 0 Å². The molecule has 1 aromatic rings. The fourth-order valence-corrected chi connectivity index (χ4v) is 1.92. The third-order valence-corrected chi connectivity index (χ3v) is 2.83. The molecule has 3 heteroatoms. The molecule has 3 unspecified atom stereocenters. The Morgan fingerprint density at radius 3 is 3.00 bits per heavy atom. The topological polar surface area (TPSA) is 31.0 Å². The molecule has 3 rings (SSSR count). The normalized spacial score (nSPS) is 33.5. The molecular weight excluding hydrogens is 192 g/mol. The SMILES string of the molecule is c1ccc(COC2OCCC3OC32)cc1. The summed E-state index contributed by atoms with van der Waals surface area (Å²) in [6.45, 7) is 1.35. The van der Waals surface area contributed by atoms with Crippen LogP contribution in [0.5, 0.6) is 0 Å². The van der Waals surface area contributed by atoms with E-state index in [2.05, 4.69) is 0 Å². The minimum atomic E-state index is -0.163. The van der Waals surface area contributed by atoms with Crippen LogP contribution in [0.25, 0.3) is 0 Å². The molecule has 2 aliphatic rings. The van der Waals surface area contributed by atoms with E-state index in [0.717, 1.165) is 13.0 Å². The summed E-state index contributed by atoms with van der Waals surface area (Å²) >= 11 is 0. The van der Waals surface area contributed by atoms with Crippen LogP contribution in [-0.4, -0.2) is 25.1 Å². The van der Waals surface area contributed by atoms with Crippen LogP contribution in [-0.2, 0) is 20.8 Å². The molecule has 0 radical (unpaired) electrons. The molecule has 0 N–H and O–H groups in total. The summed E-state index contributed by atoms with van der Waals surface area (Å²) in [5.41, 5.74) is 1.17. The Balaban J connectivity index is 1.54. The average Bonchev–Trinajstić information content (AvgIpc) is 3.07. The van der Waals surface area contributed by atoms with E-state index in [1.807, 2.05) is 30.3 Å². The maximum atomic E-state index is 5.68. The molecule has 80 valence electrons. The standard InChI is InChI=1S/C12H14O3/c1-2-4-9(5-3-1)8-14-12-11-10(15-11)6-7-13-12/h1-5,10-12H,6-8H2. The van der Waals surface area contributed by atoms with Crippen molar-refractivity contribution in [3.8, 4) is 0 Å². The van der Waals surface area contributed by atoms with Crippen molar-refractivity contribution in [2.45, 2.75) is 31.5 Å². The van der Waals surface area contributed by atoms with Crippen LogP contribution in [0.3, 0.4) is 0 Å². The Morgan fingerprint density at radius 2 is 2.13 bits per heavy atom. The van der Waals surface area contributed by atoms with Crippen LogP contribution in [0.1, 0.15) is 12.0 Å². The number of fused-ring (bicyclic) bond motifs is 1. The van der Waals surface area contributed by atoms with E-state index in [0.29, 0.717) is 12.7 Å². The molecule has 2 fully saturated rings. The summed E-state index contributed by atoms with van der Waals surface area (Å²) in [6, 6.07) is 10.1. The zero-order valence-electron chi connectivity index (χ0n) is 8.46. The van der Waals surface area contributed by atoms with Gasteiger partial charge in [0.15, 0.2) is 6.29 Å². The first-order valence-corrected chi connectivity index (χ1v) is 5.36.